The van der Waals surface area contributed by atoms with Crippen LogP contribution >= 0.6 is 0 Å². The first-order valence-electron chi connectivity index (χ1n) is 10.1. The zero-order chi connectivity index (χ0) is 20.3. The molecular formula is C23H21N5O2. The molecular weight excluding hydrogens is 378 g/mol. The van der Waals surface area contributed by atoms with Gasteiger partial charge in [-0.25, -0.2) is 0 Å². The summed E-state index contributed by atoms with van der Waals surface area (Å²) >= 11 is 0. The van der Waals surface area contributed by atoms with Crippen molar-refractivity contribution in [2.75, 3.05) is 5.32 Å². The maximum atomic E-state index is 12.6. The number of carbonyl (C=O) groups is 1. The fourth-order valence-electron chi connectivity index (χ4n) is 3.77. The fourth-order valence-corrected chi connectivity index (χ4v) is 3.77. The number of nitrogens with zero attached hydrogens (tertiary/aromatic N) is 3. The Morgan fingerprint density at radius 1 is 1.03 bits per heavy atom. The largest absolute Gasteiger partial charge is 0.339 e. The maximum absolute atomic E-state index is 12.6. The highest BCUT2D eigenvalue weighted by Crippen LogP contribution is 2.23. The number of benzene rings is 2. The minimum absolute atomic E-state index is 0.174. The van der Waals surface area contributed by atoms with E-state index in [1.54, 1.807) is 0 Å². The van der Waals surface area contributed by atoms with Crippen LogP contribution in [0, 0.1) is 0 Å². The molecule has 7 heteroatoms. The van der Waals surface area contributed by atoms with Gasteiger partial charge in [0.05, 0.1) is 6.42 Å². The van der Waals surface area contributed by atoms with E-state index in [1.165, 1.54) is 0 Å². The van der Waals surface area contributed by atoms with Crippen molar-refractivity contribution < 1.29 is 9.32 Å². The van der Waals surface area contributed by atoms with Crippen LogP contribution < -0.4 is 5.32 Å². The van der Waals surface area contributed by atoms with Crippen molar-refractivity contribution in [2.24, 2.45) is 0 Å². The third-order valence-corrected chi connectivity index (χ3v) is 5.34. The van der Waals surface area contributed by atoms with Gasteiger partial charge >= 0.3 is 0 Å². The highest BCUT2D eigenvalue weighted by Gasteiger charge is 2.21. The Kier molecular flexibility index (Phi) is 4.85. The van der Waals surface area contributed by atoms with Crippen LogP contribution in [0.4, 0.5) is 5.69 Å². The van der Waals surface area contributed by atoms with E-state index in [9.17, 15) is 4.79 Å². The zero-order valence-electron chi connectivity index (χ0n) is 16.4. The number of anilines is 1. The number of aromatic nitrogens is 4. The average Bonchev–Trinajstić information content (AvgIpc) is 3.43. The zero-order valence-corrected chi connectivity index (χ0v) is 16.4. The van der Waals surface area contributed by atoms with Gasteiger partial charge in [-0.1, -0.05) is 47.6 Å². The number of carbonyl (C=O) groups excluding carboxylic acids is 1. The Labute approximate surface area is 173 Å². The Morgan fingerprint density at radius 2 is 1.83 bits per heavy atom. The molecule has 2 aromatic heterocycles. The summed E-state index contributed by atoms with van der Waals surface area (Å²) in [6, 6.07) is 17.4. The molecule has 0 atom stereocenters. The van der Waals surface area contributed by atoms with Crippen molar-refractivity contribution in [1.29, 1.82) is 0 Å². The quantitative estimate of drug-likeness (QED) is 0.525. The van der Waals surface area contributed by atoms with Crippen molar-refractivity contribution >= 4 is 11.6 Å². The normalized spacial score (nSPS) is 13.1. The summed E-state index contributed by atoms with van der Waals surface area (Å²) in [5, 5.41) is 14.2. The molecule has 2 aromatic carbocycles. The molecule has 0 saturated heterocycles. The molecule has 0 saturated carbocycles. The van der Waals surface area contributed by atoms with Gasteiger partial charge in [0.25, 0.3) is 5.91 Å². The Balaban J connectivity index is 1.24. The van der Waals surface area contributed by atoms with Crippen LogP contribution in [0.3, 0.4) is 0 Å². The first kappa shape index (κ1) is 18.3. The molecule has 30 heavy (non-hydrogen) atoms. The summed E-state index contributed by atoms with van der Waals surface area (Å²) in [5.41, 5.74) is 5.33. The van der Waals surface area contributed by atoms with E-state index in [0.717, 1.165) is 53.8 Å². The van der Waals surface area contributed by atoms with Gasteiger partial charge in [-0.15, -0.1) is 0 Å². The summed E-state index contributed by atoms with van der Waals surface area (Å²) in [7, 11) is 0. The van der Waals surface area contributed by atoms with Gasteiger partial charge in [0.1, 0.15) is 0 Å². The number of hydrogen-bond acceptors (Lipinski definition) is 5. The van der Waals surface area contributed by atoms with Crippen molar-refractivity contribution in [3.63, 3.8) is 0 Å². The van der Waals surface area contributed by atoms with Gasteiger partial charge in [-0.05, 0) is 43.4 Å². The monoisotopic (exact) mass is 399 g/mol. The summed E-state index contributed by atoms with van der Waals surface area (Å²) in [5.74, 6) is 0.956. The molecule has 0 fully saturated rings. The first-order chi connectivity index (χ1) is 14.8. The molecule has 0 unspecified atom stereocenters. The van der Waals surface area contributed by atoms with Crippen molar-refractivity contribution in [2.45, 2.75) is 32.1 Å². The number of fused-ring (bicyclic) bond motifs is 1. The summed E-state index contributed by atoms with van der Waals surface area (Å²) in [6.07, 6.45) is 4.64. The third-order valence-electron chi connectivity index (χ3n) is 5.34. The van der Waals surface area contributed by atoms with Crippen molar-refractivity contribution in [3.8, 4) is 11.4 Å². The van der Waals surface area contributed by atoms with Crippen LogP contribution in [0.2, 0.25) is 0 Å². The molecule has 4 aromatic rings. The van der Waals surface area contributed by atoms with Gasteiger partial charge in [-0.2, -0.15) is 10.1 Å². The Morgan fingerprint density at radius 3 is 2.67 bits per heavy atom. The smallest absolute Gasteiger partial charge is 0.276 e. The molecule has 2 N–H and O–H groups in total. The van der Waals surface area contributed by atoms with Gasteiger partial charge in [0.2, 0.25) is 11.7 Å². The van der Waals surface area contributed by atoms with Gasteiger partial charge < -0.3 is 9.84 Å². The van der Waals surface area contributed by atoms with Gasteiger partial charge in [0, 0.05) is 22.5 Å². The van der Waals surface area contributed by atoms with E-state index in [4.69, 9.17) is 4.52 Å². The summed E-state index contributed by atoms with van der Waals surface area (Å²) < 4.78 is 5.38. The van der Waals surface area contributed by atoms with Crippen LogP contribution in [0.1, 0.15) is 46.0 Å². The molecule has 1 aliphatic rings. The third kappa shape index (κ3) is 3.74. The van der Waals surface area contributed by atoms with Crippen LogP contribution in [0.5, 0.6) is 0 Å². The number of amides is 1. The van der Waals surface area contributed by atoms with Crippen LogP contribution in [-0.4, -0.2) is 26.2 Å². The van der Waals surface area contributed by atoms with Gasteiger partial charge in [0.15, 0.2) is 5.69 Å². The van der Waals surface area contributed by atoms with Gasteiger partial charge in [-0.3, -0.25) is 9.89 Å². The summed E-state index contributed by atoms with van der Waals surface area (Å²) in [6.45, 7) is 0. The lowest BCUT2D eigenvalue weighted by Gasteiger charge is -2.11. The van der Waals surface area contributed by atoms with E-state index in [-0.39, 0.29) is 5.91 Å². The van der Waals surface area contributed by atoms with Crippen LogP contribution in [-0.2, 0) is 19.3 Å². The van der Waals surface area contributed by atoms with Crippen LogP contribution in [0.15, 0.2) is 59.1 Å². The molecule has 1 aliphatic carbocycles. The highest BCUT2D eigenvalue weighted by atomic mass is 16.5. The number of nitrogens with one attached hydrogen (secondary N) is 2. The number of aromatic amines is 1. The summed E-state index contributed by atoms with van der Waals surface area (Å²) in [4.78, 5) is 17.1. The molecule has 5 rings (SSSR count). The number of rotatable bonds is 5. The van der Waals surface area contributed by atoms with Crippen molar-refractivity contribution in [1.82, 2.24) is 20.3 Å². The molecule has 150 valence electrons. The average molecular weight is 399 g/mol. The minimum atomic E-state index is -0.174. The molecule has 7 nitrogen and oxygen atoms in total. The fraction of sp³-hybridized carbons (Fsp3) is 0.217. The molecule has 2 heterocycles. The second-order valence-corrected chi connectivity index (χ2v) is 7.44. The number of hydrogen-bond donors (Lipinski definition) is 2. The molecule has 0 bridgehead atoms. The molecule has 0 spiro atoms. The predicted molar refractivity (Wildman–Crippen MR) is 112 cm³/mol. The van der Waals surface area contributed by atoms with E-state index in [0.29, 0.717) is 23.8 Å². The highest BCUT2D eigenvalue weighted by molar-refractivity contribution is 6.04. The van der Waals surface area contributed by atoms with Crippen LogP contribution in [0.25, 0.3) is 11.4 Å². The predicted octanol–water partition coefficient (Wildman–Crippen LogP) is 4.18. The Hall–Kier alpha value is -3.74. The lowest BCUT2D eigenvalue weighted by Crippen LogP contribution is -2.15. The van der Waals surface area contributed by atoms with E-state index < -0.39 is 0 Å². The maximum Gasteiger partial charge on any atom is 0.276 e. The van der Waals surface area contributed by atoms with Crippen molar-refractivity contribution in [3.05, 3.63) is 83.0 Å². The molecule has 0 radical (unpaired) electrons. The Bertz CT molecular complexity index is 1160. The van der Waals surface area contributed by atoms with E-state index in [1.807, 2.05) is 54.6 Å². The first-order valence-corrected chi connectivity index (χ1v) is 10.1. The van der Waals surface area contributed by atoms with E-state index in [2.05, 4.69) is 25.7 Å². The minimum Gasteiger partial charge on any atom is -0.339 e. The SMILES string of the molecule is O=C(Nc1ccc(Cc2nc(-c3ccccc3)no2)cc1)c1n[nH]c2c1CCCC2. The van der Waals surface area contributed by atoms with E-state index >= 15 is 0 Å². The molecule has 0 aliphatic heterocycles. The standard InChI is InChI=1S/C23H21N5O2/c29-23(21-18-8-4-5-9-19(18)26-27-21)24-17-12-10-15(11-13-17)14-20-25-22(28-30-20)16-6-2-1-3-7-16/h1-3,6-7,10-13H,4-5,8-9,14H2,(H,24,29)(H,26,27). The lowest BCUT2D eigenvalue weighted by atomic mass is 9.96. The number of H-pyrrole nitrogens is 1. The second kappa shape index (κ2) is 7.94. The molecule has 1 amide bonds. The topological polar surface area (TPSA) is 96.7 Å². The second-order valence-electron chi connectivity index (χ2n) is 7.44. The lowest BCUT2D eigenvalue weighted by molar-refractivity contribution is 0.102. The number of aryl methyl sites for hydroxylation is 1.